The second kappa shape index (κ2) is 3.71. The second-order valence-corrected chi connectivity index (χ2v) is 3.98. The van der Waals surface area contributed by atoms with E-state index in [4.69, 9.17) is 5.73 Å². The maximum atomic E-state index is 5.62. The van der Waals surface area contributed by atoms with E-state index in [1.807, 2.05) is 31.3 Å². The van der Waals surface area contributed by atoms with Gasteiger partial charge >= 0.3 is 0 Å². The van der Waals surface area contributed by atoms with Crippen molar-refractivity contribution in [2.45, 2.75) is 6.54 Å². The van der Waals surface area contributed by atoms with Gasteiger partial charge in [-0.1, -0.05) is 6.07 Å². The summed E-state index contributed by atoms with van der Waals surface area (Å²) in [6, 6.07) is 7.94. The molecule has 0 radical (unpaired) electrons. The largest absolute Gasteiger partial charge is 0.337 e. The summed E-state index contributed by atoms with van der Waals surface area (Å²) >= 11 is 0. The van der Waals surface area contributed by atoms with Crippen LogP contribution >= 0.6 is 0 Å². The van der Waals surface area contributed by atoms with Gasteiger partial charge in [-0.15, -0.1) is 0 Å². The Morgan fingerprint density at radius 3 is 2.94 bits per heavy atom. The molecule has 1 aromatic carbocycles. The number of aromatic nitrogens is 4. The third-order valence-electron chi connectivity index (χ3n) is 2.85. The van der Waals surface area contributed by atoms with Crippen molar-refractivity contribution in [2.75, 3.05) is 0 Å². The highest BCUT2D eigenvalue weighted by atomic mass is 15.3. The molecule has 17 heavy (non-hydrogen) atoms. The minimum absolute atomic E-state index is 0.538. The second-order valence-electron chi connectivity index (χ2n) is 3.98. The molecule has 0 aliphatic rings. The van der Waals surface area contributed by atoms with Gasteiger partial charge in [0.15, 0.2) is 5.82 Å². The van der Waals surface area contributed by atoms with E-state index in [0.29, 0.717) is 6.54 Å². The minimum atomic E-state index is 0.538. The monoisotopic (exact) mass is 227 g/mol. The average molecular weight is 227 g/mol. The lowest BCUT2D eigenvalue weighted by molar-refractivity contribution is 0.771. The third kappa shape index (κ3) is 1.60. The first kappa shape index (κ1) is 10.0. The van der Waals surface area contributed by atoms with E-state index in [1.165, 1.54) is 0 Å². The standard InChI is InChI=1S/C12H13N5/c1-17-11(4-5-14-17)12-15-9-3-2-8(7-13)6-10(9)16-12/h2-6H,7,13H2,1H3,(H,15,16). The van der Waals surface area contributed by atoms with E-state index in [0.717, 1.165) is 28.1 Å². The third-order valence-corrected chi connectivity index (χ3v) is 2.85. The fourth-order valence-electron chi connectivity index (χ4n) is 1.91. The van der Waals surface area contributed by atoms with E-state index in [9.17, 15) is 0 Å². The summed E-state index contributed by atoms with van der Waals surface area (Å²) in [5, 5.41) is 4.13. The van der Waals surface area contributed by atoms with Crippen molar-refractivity contribution >= 4 is 11.0 Å². The Hall–Kier alpha value is -2.14. The first-order valence-electron chi connectivity index (χ1n) is 5.45. The minimum Gasteiger partial charge on any atom is -0.337 e. The van der Waals surface area contributed by atoms with Crippen LogP contribution in [0.5, 0.6) is 0 Å². The van der Waals surface area contributed by atoms with Crippen LogP contribution in [-0.2, 0) is 13.6 Å². The van der Waals surface area contributed by atoms with Gasteiger partial charge in [-0.2, -0.15) is 5.10 Å². The van der Waals surface area contributed by atoms with E-state index in [2.05, 4.69) is 15.1 Å². The molecule has 3 N–H and O–H groups in total. The average Bonchev–Trinajstić information content (AvgIpc) is 2.93. The summed E-state index contributed by atoms with van der Waals surface area (Å²) in [6.45, 7) is 0.538. The Morgan fingerprint density at radius 2 is 2.24 bits per heavy atom. The van der Waals surface area contributed by atoms with Gasteiger partial charge in [-0.3, -0.25) is 4.68 Å². The van der Waals surface area contributed by atoms with Crippen LogP contribution in [-0.4, -0.2) is 19.7 Å². The van der Waals surface area contributed by atoms with Crippen LogP contribution in [0, 0.1) is 0 Å². The van der Waals surface area contributed by atoms with E-state index in [-0.39, 0.29) is 0 Å². The number of nitrogens with one attached hydrogen (secondary N) is 1. The SMILES string of the molecule is Cn1nccc1-c1nc2ccc(CN)cc2[nH]1. The Labute approximate surface area is 98.3 Å². The lowest BCUT2D eigenvalue weighted by Gasteiger charge is -1.95. The van der Waals surface area contributed by atoms with Crippen LogP contribution in [0.1, 0.15) is 5.56 Å². The molecular weight excluding hydrogens is 214 g/mol. The molecule has 0 amide bonds. The predicted octanol–water partition coefficient (Wildman–Crippen LogP) is 1.42. The molecule has 86 valence electrons. The first-order chi connectivity index (χ1) is 8.28. The number of nitrogens with two attached hydrogens (primary N) is 1. The Kier molecular flexibility index (Phi) is 2.19. The van der Waals surface area contributed by atoms with Crippen LogP contribution in [0.4, 0.5) is 0 Å². The van der Waals surface area contributed by atoms with Crippen molar-refractivity contribution < 1.29 is 0 Å². The molecule has 0 saturated carbocycles. The molecule has 0 bridgehead atoms. The van der Waals surface area contributed by atoms with Gasteiger partial charge in [0.05, 0.1) is 11.0 Å². The Morgan fingerprint density at radius 1 is 1.35 bits per heavy atom. The summed E-state index contributed by atoms with van der Waals surface area (Å²) in [5.74, 6) is 0.828. The summed E-state index contributed by atoms with van der Waals surface area (Å²) in [6.07, 6.45) is 1.76. The molecule has 0 fully saturated rings. The van der Waals surface area contributed by atoms with Gasteiger partial charge in [0.1, 0.15) is 5.69 Å². The zero-order valence-corrected chi connectivity index (χ0v) is 9.51. The summed E-state index contributed by atoms with van der Waals surface area (Å²) < 4.78 is 1.79. The molecule has 0 aliphatic heterocycles. The number of hydrogen-bond acceptors (Lipinski definition) is 3. The number of rotatable bonds is 2. The first-order valence-corrected chi connectivity index (χ1v) is 5.45. The van der Waals surface area contributed by atoms with Crippen molar-refractivity contribution in [3.8, 4) is 11.5 Å². The Bertz CT molecular complexity index is 664. The lowest BCUT2D eigenvalue weighted by atomic mass is 10.2. The van der Waals surface area contributed by atoms with Gasteiger partial charge < -0.3 is 10.7 Å². The number of fused-ring (bicyclic) bond motifs is 1. The van der Waals surface area contributed by atoms with Gasteiger partial charge in [0.2, 0.25) is 0 Å². The van der Waals surface area contributed by atoms with Gasteiger partial charge in [0, 0.05) is 19.8 Å². The van der Waals surface area contributed by atoms with Crippen molar-refractivity contribution in [1.82, 2.24) is 19.7 Å². The maximum Gasteiger partial charge on any atom is 0.156 e. The van der Waals surface area contributed by atoms with E-state index in [1.54, 1.807) is 10.9 Å². The summed E-state index contributed by atoms with van der Waals surface area (Å²) in [5.41, 5.74) is 9.63. The number of benzene rings is 1. The highest BCUT2D eigenvalue weighted by molar-refractivity contribution is 5.79. The van der Waals surface area contributed by atoms with Gasteiger partial charge in [-0.25, -0.2) is 4.98 Å². The highest BCUT2D eigenvalue weighted by Crippen LogP contribution is 2.20. The van der Waals surface area contributed by atoms with Crippen LogP contribution in [0.2, 0.25) is 0 Å². The molecule has 0 spiro atoms. The molecular formula is C12H13N5. The van der Waals surface area contributed by atoms with Crippen molar-refractivity contribution in [3.05, 3.63) is 36.0 Å². The topological polar surface area (TPSA) is 72.5 Å². The molecule has 3 rings (SSSR count). The molecule has 5 heteroatoms. The quantitative estimate of drug-likeness (QED) is 0.695. The highest BCUT2D eigenvalue weighted by Gasteiger charge is 2.08. The molecule has 0 atom stereocenters. The molecule has 2 aromatic heterocycles. The maximum absolute atomic E-state index is 5.62. The number of hydrogen-bond donors (Lipinski definition) is 2. The van der Waals surface area contributed by atoms with Crippen LogP contribution in [0.15, 0.2) is 30.5 Å². The molecule has 0 unspecified atom stereocenters. The number of aromatic amines is 1. The lowest BCUT2D eigenvalue weighted by Crippen LogP contribution is -1.95. The fourth-order valence-corrected chi connectivity index (χ4v) is 1.91. The van der Waals surface area contributed by atoms with Gasteiger partial charge in [-0.05, 0) is 23.8 Å². The van der Waals surface area contributed by atoms with Gasteiger partial charge in [0.25, 0.3) is 0 Å². The number of imidazole rings is 1. The Balaban J connectivity index is 2.17. The smallest absolute Gasteiger partial charge is 0.156 e. The van der Waals surface area contributed by atoms with E-state index >= 15 is 0 Å². The zero-order valence-electron chi connectivity index (χ0n) is 9.51. The fraction of sp³-hybridized carbons (Fsp3) is 0.167. The zero-order chi connectivity index (χ0) is 11.8. The van der Waals surface area contributed by atoms with Crippen molar-refractivity contribution in [1.29, 1.82) is 0 Å². The van der Waals surface area contributed by atoms with Crippen LogP contribution < -0.4 is 5.73 Å². The van der Waals surface area contributed by atoms with Crippen LogP contribution in [0.25, 0.3) is 22.6 Å². The predicted molar refractivity (Wildman–Crippen MR) is 66.2 cm³/mol. The summed E-state index contributed by atoms with van der Waals surface area (Å²) in [4.78, 5) is 7.82. The molecule has 5 nitrogen and oxygen atoms in total. The molecule has 0 aliphatic carbocycles. The molecule has 3 aromatic rings. The molecule has 0 saturated heterocycles. The van der Waals surface area contributed by atoms with Crippen molar-refractivity contribution in [3.63, 3.8) is 0 Å². The van der Waals surface area contributed by atoms with E-state index < -0.39 is 0 Å². The number of H-pyrrole nitrogens is 1. The summed E-state index contributed by atoms with van der Waals surface area (Å²) in [7, 11) is 1.90. The molecule has 2 heterocycles. The normalized spacial score (nSPS) is 11.2. The van der Waals surface area contributed by atoms with Crippen molar-refractivity contribution in [2.24, 2.45) is 12.8 Å². The van der Waals surface area contributed by atoms with Crippen LogP contribution in [0.3, 0.4) is 0 Å². The number of nitrogens with zero attached hydrogens (tertiary/aromatic N) is 3. The number of aryl methyl sites for hydroxylation is 1.